The minimum absolute atomic E-state index is 0. The van der Waals surface area contributed by atoms with Crippen molar-refractivity contribution in [3.63, 3.8) is 0 Å². The Morgan fingerprint density at radius 3 is 2.44 bits per heavy atom. The van der Waals surface area contributed by atoms with Gasteiger partial charge in [0.05, 0.1) is 22.8 Å². The lowest BCUT2D eigenvalue weighted by Crippen LogP contribution is -2.38. The third-order valence-corrected chi connectivity index (χ3v) is 5.24. The van der Waals surface area contributed by atoms with Gasteiger partial charge in [0.1, 0.15) is 0 Å². The number of rotatable bonds is 7. The van der Waals surface area contributed by atoms with Gasteiger partial charge in [0, 0.05) is 18.7 Å². The summed E-state index contributed by atoms with van der Waals surface area (Å²) in [7, 11) is 0. The average Bonchev–Trinajstić information content (AvgIpc) is 2.89. The minimum Gasteiger partial charge on any atom is -0.361 e. The average molecular weight is 441 g/mol. The van der Waals surface area contributed by atoms with Crippen molar-refractivity contribution >= 4 is 40.0 Å². The second kappa shape index (κ2) is 10.6. The zero-order valence-electron chi connectivity index (χ0n) is 15.7. The Kier molecular flexibility index (Phi) is 8.50. The molecular formula is C19H29BrN4O3. The van der Waals surface area contributed by atoms with E-state index >= 15 is 0 Å². The van der Waals surface area contributed by atoms with E-state index in [1.165, 1.54) is 63.9 Å². The van der Waals surface area contributed by atoms with Crippen molar-refractivity contribution in [2.45, 2.75) is 44.9 Å². The van der Waals surface area contributed by atoms with Crippen molar-refractivity contribution in [2.24, 2.45) is 0 Å². The molecule has 0 aliphatic carbocycles. The maximum Gasteiger partial charge on any atom is 0.271 e. The third kappa shape index (κ3) is 6.17. The number of nitrogens with one attached hydrogen (secondary N) is 1. The van der Waals surface area contributed by atoms with Gasteiger partial charge in [0.15, 0.2) is 0 Å². The van der Waals surface area contributed by atoms with Crippen LogP contribution in [0.2, 0.25) is 0 Å². The second-order valence-corrected chi connectivity index (χ2v) is 7.24. The summed E-state index contributed by atoms with van der Waals surface area (Å²) >= 11 is 0. The number of nitrogens with zero attached hydrogens (tertiary/aromatic N) is 3. The van der Waals surface area contributed by atoms with Gasteiger partial charge < -0.3 is 15.1 Å². The summed E-state index contributed by atoms with van der Waals surface area (Å²) in [5.41, 5.74) is 1.42. The molecule has 7 nitrogen and oxygen atoms in total. The van der Waals surface area contributed by atoms with Crippen molar-refractivity contribution in [1.82, 2.24) is 4.90 Å². The SMILES string of the molecule is Br.O=C1CN(CCCCCN2CCCCCC2)c2ccc([N+](=O)[O-])cc2N1. The van der Waals surface area contributed by atoms with E-state index in [2.05, 4.69) is 10.2 Å². The zero-order valence-corrected chi connectivity index (χ0v) is 17.4. The van der Waals surface area contributed by atoms with Crippen molar-refractivity contribution in [3.8, 4) is 0 Å². The molecule has 1 aromatic carbocycles. The second-order valence-electron chi connectivity index (χ2n) is 7.24. The smallest absolute Gasteiger partial charge is 0.271 e. The summed E-state index contributed by atoms with van der Waals surface area (Å²) in [6, 6.07) is 4.69. The van der Waals surface area contributed by atoms with Crippen LogP contribution in [-0.2, 0) is 4.79 Å². The van der Waals surface area contributed by atoms with E-state index in [0.29, 0.717) is 12.2 Å². The molecule has 27 heavy (non-hydrogen) atoms. The molecule has 1 N–H and O–H groups in total. The molecule has 0 atom stereocenters. The van der Waals surface area contributed by atoms with E-state index in [9.17, 15) is 14.9 Å². The van der Waals surface area contributed by atoms with Crippen LogP contribution in [0, 0.1) is 10.1 Å². The maximum atomic E-state index is 11.9. The number of nitro groups is 1. The first-order valence-electron chi connectivity index (χ1n) is 9.69. The Balaban J connectivity index is 0.00000261. The van der Waals surface area contributed by atoms with Gasteiger partial charge in [-0.25, -0.2) is 0 Å². The highest BCUT2D eigenvalue weighted by Crippen LogP contribution is 2.33. The number of anilines is 2. The van der Waals surface area contributed by atoms with E-state index in [-0.39, 0.29) is 28.6 Å². The van der Waals surface area contributed by atoms with Crippen LogP contribution in [0.4, 0.5) is 17.1 Å². The fourth-order valence-electron chi connectivity index (χ4n) is 3.84. The summed E-state index contributed by atoms with van der Waals surface area (Å²) in [5, 5.41) is 13.7. The minimum atomic E-state index is -0.436. The molecule has 2 aliphatic rings. The third-order valence-electron chi connectivity index (χ3n) is 5.24. The zero-order chi connectivity index (χ0) is 18.4. The van der Waals surface area contributed by atoms with E-state index in [1.54, 1.807) is 6.07 Å². The number of hydrogen-bond donors (Lipinski definition) is 1. The quantitative estimate of drug-likeness (QED) is 0.394. The van der Waals surface area contributed by atoms with Gasteiger partial charge >= 0.3 is 0 Å². The van der Waals surface area contributed by atoms with Crippen LogP contribution >= 0.6 is 17.0 Å². The Morgan fingerprint density at radius 2 is 1.74 bits per heavy atom. The Bertz CT molecular complexity index is 648. The normalized spacial score (nSPS) is 17.5. The molecule has 8 heteroatoms. The lowest BCUT2D eigenvalue weighted by molar-refractivity contribution is -0.384. The fraction of sp³-hybridized carbons (Fsp3) is 0.632. The van der Waals surface area contributed by atoms with Crippen molar-refractivity contribution in [2.75, 3.05) is 42.9 Å². The van der Waals surface area contributed by atoms with Crippen LogP contribution in [0.1, 0.15) is 44.9 Å². The molecule has 1 aromatic rings. The topological polar surface area (TPSA) is 78.7 Å². The number of carbonyl (C=O) groups is 1. The molecular weight excluding hydrogens is 412 g/mol. The molecule has 0 saturated carbocycles. The molecule has 1 amide bonds. The number of halogens is 1. The molecule has 0 bridgehead atoms. The van der Waals surface area contributed by atoms with Crippen LogP contribution in [0.5, 0.6) is 0 Å². The maximum absolute atomic E-state index is 11.9. The Morgan fingerprint density at radius 1 is 1.04 bits per heavy atom. The Hall–Kier alpha value is -1.67. The number of carbonyl (C=O) groups excluding carboxylic acids is 1. The Labute approximate surface area is 171 Å². The number of non-ortho nitro benzene ring substituents is 1. The number of fused-ring (bicyclic) bond motifs is 1. The molecule has 2 aliphatic heterocycles. The first kappa shape index (κ1) is 21.6. The van der Waals surface area contributed by atoms with Gasteiger partial charge in [-0.3, -0.25) is 14.9 Å². The number of likely N-dealkylation sites (tertiary alicyclic amines) is 1. The summed E-state index contributed by atoms with van der Waals surface area (Å²) in [5.74, 6) is -0.109. The summed E-state index contributed by atoms with van der Waals surface area (Å²) in [6.45, 7) is 4.76. The van der Waals surface area contributed by atoms with Gasteiger partial charge in [-0.05, 0) is 51.4 Å². The predicted octanol–water partition coefficient (Wildman–Crippen LogP) is 3.98. The standard InChI is InChI=1S/C19H28N4O3.BrH/c24-19-15-22(18-9-8-16(23(25)26)14-17(18)20-19)13-7-3-6-12-21-10-4-1-2-5-11-21;/h8-9,14H,1-7,10-13,15H2,(H,20,24);1H. The van der Waals surface area contributed by atoms with Crippen molar-refractivity contribution < 1.29 is 9.72 Å². The van der Waals surface area contributed by atoms with Crippen LogP contribution in [0.25, 0.3) is 0 Å². The molecule has 0 aromatic heterocycles. The molecule has 1 fully saturated rings. The number of benzene rings is 1. The van der Waals surface area contributed by atoms with Gasteiger partial charge in [-0.1, -0.05) is 19.3 Å². The highest BCUT2D eigenvalue weighted by atomic mass is 79.9. The lowest BCUT2D eigenvalue weighted by Gasteiger charge is -2.30. The van der Waals surface area contributed by atoms with E-state index < -0.39 is 4.92 Å². The van der Waals surface area contributed by atoms with Crippen molar-refractivity contribution in [1.29, 1.82) is 0 Å². The highest BCUT2D eigenvalue weighted by molar-refractivity contribution is 8.93. The fourth-order valence-corrected chi connectivity index (χ4v) is 3.84. The van der Waals surface area contributed by atoms with E-state index in [0.717, 1.165) is 25.1 Å². The number of unbranched alkanes of at least 4 members (excludes halogenated alkanes) is 2. The summed E-state index contributed by atoms with van der Waals surface area (Å²) < 4.78 is 0. The van der Waals surface area contributed by atoms with Crippen LogP contribution in [0.3, 0.4) is 0 Å². The van der Waals surface area contributed by atoms with E-state index in [4.69, 9.17) is 0 Å². The highest BCUT2D eigenvalue weighted by Gasteiger charge is 2.23. The summed E-state index contributed by atoms with van der Waals surface area (Å²) in [4.78, 5) is 27.0. The van der Waals surface area contributed by atoms with Gasteiger partial charge in [0.2, 0.25) is 5.91 Å². The number of amides is 1. The first-order chi connectivity index (χ1) is 12.6. The molecule has 150 valence electrons. The van der Waals surface area contributed by atoms with Gasteiger partial charge in [-0.15, -0.1) is 17.0 Å². The van der Waals surface area contributed by atoms with Gasteiger partial charge in [0.25, 0.3) is 5.69 Å². The summed E-state index contributed by atoms with van der Waals surface area (Å²) in [6.07, 6.45) is 8.73. The monoisotopic (exact) mass is 440 g/mol. The molecule has 1 saturated heterocycles. The van der Waals surface area contributed by atoms with Crippen LogP contribution in [0.15, 0.2) is 18.2 Å². The molecule has 0 radical (unpaired) electrons. The molecule has 0 spiro atoms. The van der Waals surface area contributed by atoms with Crippen LogP contribution < -0.4 is 10.2 Å². The number of hydrogen-bond acceptors (Lipinski definition) is 5. The number of nitro benzene ring substituents is 1. The lowest BCUT2D eigenvalue weighted by atomic mass is 10.1. The first-order valence-corrected chi connectivity index (χ1v) is 9.69. The molecule has 2 heterocycles. The van der Waals surface area contributed by atoms with E-state index in [1.807, 2.05) is 4.90 Å². The molecule has 3 rings (SSSR count). The molecule has 0 unspecified atom stereocenters. The van der Waals surface area contributed by atoms with Crippen LogP contribution in [-0.4, -0.2) is 48.5 Å². The van der Waals surface area contributed by atoms with Gasteiger partial charge in [-0.2, -0.15) is 0 Å². The predicted molar refractivity (Wildman–Crippen MR) is 113 cm³/mol. The largest absolute Gasteiger partial charge is 0.361 e. The van der Waals surface area contributed by atoms with Crippen molar-refractivity contribution in [3.05, 3.63) is 28.3 Å².